The molecule has 0 aromatic carbocycles. The second-order valence-electron chi connectivity index (χ2n) is 5.53. The highest BCUT2D eigenvalue weighted by Gasteiger charge is 2.16. The molecule has 3 rings (SSSR count). The molecule has 0 aliphatic carbocycles. The highest BCUT2D eigenvalue weighted by Crippen LogP contribution is 2.32. The van der Waals surface area contributed by atoms with E-state index in [9.17, 15) is 10.5 Å². The van der Waals surface area contributed by atoms with Crippen molar-refractivity contribution in [2.45, 2.75) is 13.5 Å². The average molecular weight is 344 g/mol. The van der Waals surface area contributed by atoms with Crippen LogP contribution in [0.2, 0.25) is 0 Å². The Hall–Kier alpha value is -3.84. The normalized spacial score (nSPS) is 10.2. The van der Waals surface area contributed by atoms with E-state index in [1.54, 1.807) is 31.5 Å². The summed E-state index contributed by atoms with van der Waals surface area (Å²) in [6.07, 6.45) is 3.47. The molecular formula is C19H16N6O. The number of nitrogens with two attached hydrogens (primary N) is 1. The molecule has 0 saturated heterocycles. The maximum Gasteiger partial charge on any atom is 0.212 e. The number of aryl methyl sites for hydroxylation is 1. The summed E-state index contributed by atoms with van der Waals surface area (Å²) in [5.74, 6) is 0.632. The number of rotatable bonds is 4. The summed E-state index contributed by atoms with van der Waals surface area (Å²) < 4.78 is 6.89. The summed E-state index contributed by atoms with van der Waals surface area (Å²) in [7, 11) is 1.54. The van der Waals surface area contributed by atoms with Crippen LogP contribution < -0.4 is 10.5 Å². The maximum atomic E-state index is 9.51. The number of pyridine rings is 2. The molecule has 26 heavy (non-hydrogen) atoms. The van der Waals surface area contributed by atoms with Gasteiger partial charge in [-0.1, -0.05) is 0 Å². The van der Waals surface area contributed by atoms with Gasteiger partial charge in [0.2, 0.25) is 5.88 Å². The molecule has 0 aliphatic rings. The van der Waals surface area contributed by atoms with Crippen molar-refractivity contribution in [2.75, 3.05) is 12.8 Å². The van der Waals surface area contributed by atoms with Crippen LogP contribution in [0.5, 0.6) is 5.88 Å². The van der Waals surface area contributed by atoms with Crippen molar-refractivity contribution in [1.82, 2.24) is 14.5 Å². The second-order valence-corrected chi connectivity index (χ2v) is 5.53. The van der Waals surface area contributed by atoms with Gasteiger partial charge in [0.25, 0.3) is 0 Å². The topological polar surface area (TPSA) is 114 Å². The predicted molar refractivity (Wildman–Crippen MR) is 97.0 cm³/mol. The van der Waals surface area contributed by atoms with Crippen molar-refractivity contribution >= 4 is 5.82 Å². The molecule has 3 heterocycles. The van der Waals surface area contributed by atoms with Gasteiger partial charge in [0.05, 0.1) is 12.8 Å². The molecular weight excluding hydrogens is 328 g/mol. The van der Waals surface area contributed by atoms with Crippen LogP contribution in [0.1, 0.15) is 18.2 Å². The van der Waals surface area contributed by atoms with Gasteiger partial charge in [-0.2, -0.15) is 10.5 Å². The van der Waals surface area contributed by atoms with Crippen LogP contribution in [0.3, 0.4) is 0 Å². The van der Waals surface area contributed by atoms with E-state index in [-0.39, 0.29) is 11.4 Å². The third-order valence-corrected chi connectivity index (χ3v) is 4.06. The van der Waals surface area contributed by atoms with E-state index in [0.717, 1.165) is 11.1 Å². The van der Waals surface area contributed by atoms with Gasteiger partial charge in [0.1, 0.15) is 29.2 Å². The van der Waals surface area contributed by atoms with Crippen LogP contribution in [-0.2, 0) is 6.54 Å². The molecule has 3 aromatic rings. The Kier molecular flexibility index (Phi) is 4.55. The van der Waals surface area contributed by atoms with E-state index < -0.39 is 0 Å². The summed E-state index contributed by atoms with van der Waals surface area (Å²) in [5, 5.41) is 18.8. The Balaban J connectivity index is 2.18. The van der Waals surface area contributed by atoms with Crippen LogP contribution in [0.25, 0.3) is 22.4 Å². The minimum atomic E-state index is 0.138. The van der Waals surface area contributed by atoms with Crippen LogP contribution >= 0.6 is 0 Å². The zero-order chi connectivity index (χ0) is 18.7. The number of hydrogen-bond acceptors (Lipinski definition) is 6. The van der Waals surface area contributed by atoms with E-state index in [2.05, 4.69) is 22.1 Å². The SMILES string of the molecule is CCn1cc(-c2cc(-c3ccc(OC)nc3)nc(N)c2C#N)cc1C#N. The summed E-state index contributed by atoms with van der Waals surface area (Å²) in [6.45, 7) is 2.60. The number of hydrogen-bond donors (Lipinski definition) is 1. The summed E-state index contributed by atoms with van der Waals surface area (Å²) in [5.41, 5.74) is 9.55. The largest absolute Gasteiger partial charge is 0.481 e. The third-order valence-electron chi connectivity index (χ3n) is 4.06. The molecule has 0 atom stereocenters. The summed E-state index contributed by atoms with van der Waals surface area (Å²) in [4.78, 5) is 8.51. The van der Waals surface area contributed by atoms with E-state index in [0.29, 0.717) is 29.4 Å². The van der Waals surface area contributed by atoms with Crippen LogP contribution in [0.4, 0.5) is 5.82 Å². The number of ether oxygens (including phenoxy) is 1. The van der Waals surface area contributed by atoms with Gasteiger partial charge < -0.3 is 15.0 Å². The van der Waals surface area contributed by atoms with Gasteiger partial charge in [0.15, 0.2) is 0 Å². The number of methoxy groups -OCH3 is 1. The lowest BCUT2D eigenvalue weighted by atomic mass is 10.0. The van der Waals surface area contributed by atoms with Crippen molar-refractivity contribution in [1.29, 1.82) is 10.5 Å². The smallest absolute Gasteiger partial charge is 0.212 e. The predicted octanol–water partition coefficient (Wildman–Crippen LogP) is 2.97. The molecule has 128 valence electrons. The number of nitrogen functional groups attached to an aromatic ring is 1. The highest BCUT2D eigenvalue weighted by molar-refractivity contribution is 5.80. The lowest BCUT2D eigenvalue weighted by Gasteiger charge is -2.09. The summed E-state index contributed by atoms with van der Waals surface area (Å²) >= 11 is 0. The fourth-order valence-electron chi connectivity index (χ4n) is 2.72. The Labute approximate surface area is 150 Å². The van der Waals surface area contributed by atoms with Crippen molar-refractivity contribution in [3.63, 3.8) is 0 Å². The molecule has 0 amide bonds. The second kappa shape index (κ2) is 6.96. The molecule has 7 nitrogen and oxygen atoms in total. The Bertz CT molecular complexity index is 1040. The monoisotopic (exact) mass is 344 g/mol. The Morgan fingerprint density at radius 1 is 1.19 bits per heavy atom. The van der Waals surface area contributed by atoms with Gasteiger partial charge in [-0.05, 0) is 25.1 Å². The molecule has 0 saturated carbocycles. The van der Waals surface area contributed by atoms with Gasteiger partial charge in [-0.15, -0.1) is 0 Å². The number of aromatic nitrogens is 3. The summed E-state index contributed by atoms with van der Waals surface area (Å²) in [6, 6.07) is 11.3. The van der Waals surface area contributed by atoms with Crippen molar-refractivity contribution in [3.05, 3.63) is 47.9 Å². The minimum Gasteiger partial charge on any atom is -0.481 e. The zero-order valence-corrected chi connectivity index (χ0v) is 14.4. The Morgan fingerprint density at radius 2 is 2.00 bits per heavy atom. The molecule has 0 fully saturated rings. The zero-order valence-electron chi connectivity index (χ0n) is 14.4. The fourth-order valence-corrected chi connectivity index (χ4v) is 2.72. The van der Waals surface area contributed by atoms with E-state index in [4.69, 9.17) is 10.5 Å². The number of nitriles is 2. The molecule has 0 aliphatic heterocycles. The molecule has 0 radical (unpaired) electrons. The van der Waals surface area contributed by atoms with Crippen LogP contribution in [-0.4, -0.2) is 21.6 Å². The van der Waals surface area contributed by atoms with E-state index in [1.165, 1.54) is 0 Å². The standard InChI is InChI=1S/C19H16N6O/c1-3-25-11-13(6-14(25)8-20)15-7-17(24-19(22)16(15)9-21)12-4-5-18(26-2)23-10-12/h4-7,10-11H,3H2,1-2H3,(H2,22,24). The Morgan fingerprint density at radius 3 is 2.54 bits per heavy atom. The molecule has 0 unspecified atom stereocenters. The first-order valence-electron chi connectivity index (χ1n) is 7.93. The van der Waals surface area contributed by atoms with Crippen molar-refractivity contribution < 1.29 is 4.74 Å². The molecule has 0 bridgehead atoms. The molecule has 7 heteroatoms. The van der Waals surface area contributed by atoms with Crippen molar-refractivity contribution in [2.24, 2.45) is 0 Å². The lowest BCUT2D eigenvalue weighted by Crippen LogP contribution is -2.00. The number of anilines is 1. The molecule has 2 N–H and O–H groups in total. The first kappa shape index (κ1) is 17.0. The van der Waals surface area contributed by atoms with E-state index in [1.807, 2.05) is 23.8 Å². The number of nitrogens with zero attached hydrogens (tertiary/aromatic N) is 5. The molecule has 0 spiro atoms. The quantitative estimate of drug-likeness (QED) is 0.778. The van der Waals surface area contributed by atoms with E-state index >= 15 is 0 Å². The van der Waals surface area contributed by atoms with Gasteiger partial charge >= 0.3 is 0 Å². The van der Waals surface area contributed by atoms with Crippen molar-refractivity contribution in [3.8, 4) is 40.4 Å². The van der Waals surface area contributed by atoms with Gasteiger partial charge in [0, 0.05) is 41.7 Å². The highest BCUT2D eigenvalue weighted by atomic mass is 16.5. The van der Waals surface area contributed by atoms with Crippen LogP contribution in [0.15, 0.2) is 36.7 Å². The first-order valence-corrected chi connectivity index (χ1v) is 7.93. The maximum absolute atomic E-state index is 9.51. The molecule has 3 aromatic heterocycles. The van der Waals surface area contributed by atoms with Gasteiger partial charge in [-0.25, -0.2) is 9.97 Å². The minimum absolute atomic E-state index is 0.138. The first-order chi connectivity index (χ1) is 12.6. The van der Waals surface area contributed by atoms with Gasteiger partial charge in [-0.3, -0.25) is 0 Å². The van der Waals surface area contributed by atoms with Crippen LogP contribution in [0, 0.1) is 22.7 Å². The average Bonchev–Trinajstić information content (AvgIpc) is 3.10. The third kappa shape index (κ3) is 2.94. The lowest BCUT2D eigenvalue weighted by molar-refractivity contribution is 0.398. The fraction of sp³-hybridized carbons (Fsp3) is 0.158.